The molecule has 1 atom stereocenters. The van der Waals surface area contributed by atoms with E-state index in [9.17, 15) is 18.0 Å². The lowest BCUT2D eigenvalue weighted by atomic mass is 10.0. The summed E-state index contributed by atoms with van der Waals surface area (Å²) in [6, 6.07) is 28.1. The molecule has 0 aliphatic rings. The molecule has 0 saturated heterocycles. The summed E-state index contributed by atoms with van der Waals surface area (Å²) in [6.45, 7) is 7.66. The van der Waals surface area contributed by atoms with E-state index in [1.165, 1.54) is 24.1 Å². The van der Waals surface area contributed by atoms with Gasteiger partial charge in [0.15, 0.2) is 0 Å². The standard InChI is InChI=1S/C37H43N3O5S/c1-6-21-38-37(42)34(24-30-12-8-7-9-13-30)39(25-31-14-10-11-28(3)22-31)36(41)26-40(33-23-29(4)17-20-35(33)45-5)46(43,44)32-18-15-27(2)16-19-32/h7-20,22-23,34H,6,21,24-26H2,1-5H3,(H,38,42)/t34-/m0/s1. The van der Waals surface area contributed by atoms with Gasteiger partial charge in [-0.1, -0.05) is 90.8 Å². The first-order valence-corrected chi connectivity index (χ1v) is 16.9. The first-order chi connectivity index (χ1) is 22.0. The minimum Gasteiger partial charge on any atom is -0.495 e. The SMILES string of the molecule is CCCNC(=O)[C@H](Cc1ccccc1)N(Cc1cccc(C)c1)C(=O)CN(c1cc(C)ccc1OC)S(=O)(=O)c1ccc(C)cc1. The van der Waals surface area contributed by atoms with Crippen molar-refractivity contribution in [3.63, 3.8) is 0 Å². The van der Waals surface area contributed by atoms with Crippen LogP contribution in [0.4, 0.5) is 5.69 Å². The van der Waals surface area contributed by atoms with Crippen LogP contribution in [-0.2, 0) is 32.6 Å². The molecule has 0 aromatic heterocycles. The van der Waals surface area contributed by atoms with Gasteiger partial charge in [-0.15, -0.1) is 0 Å². The highest BCUT2D eigenvalue weighted by Crippen LogP contribution is 2.34. The van der Waals surface area contributed by atoms with E-state index < -0.39 is 28.5 Å². The lowest BCUT2D eigenvalue weighted by Crippen LogP contribution is -2.53. The average molecular weight is 642 g/mol. The van der Waals surface area contributed by atoms with Crippen LogP contribution in [0.15, 0.2) is 102 Å². The van der Waals surface area contributed by atoms with Crippen LogP contribution >= 0.6 is 0 Å². The van der Waals surface area contributed by atoms with Crippen LogP contribution in [0.25, 0.3) is 0 Å². The molecule has 0 fully saturated rings. The van der Waals surface area contributed by atoms with E-state index >= 15 is 0 Å². The fraction of sp³-hybridized carbons (Fsp3) is 0.297. The van der Waals surface area contributed by atoms with Gasteiger partial charge in [-0.2, -0.15) is 0 Å². The third-order valence-corrected chi connectivity index (χ3v) is 9.52. The first kappa shape index (κ1) is 34.2. The maximum absolute atomic E-state index is 14.6. The Morgan fingerprint density at radius 1 is 0.804 bits per heavy atom. The van der Waals surface area contributed by atoms with E-state index in [4.69, 9.17) is 4.74 Å². The summed E-state index contributed by atoms with van der Waals surface area (Å²) < 4.78 is 35.4. The average Bonchev–Trinajstić information content (AvgIpc) is 3.04. The van der Waals surface area contributed by atoms with Gasteiger partial charge in [-0.05, 0) is 68.1 Å². The van der Waals surface area contributed by atoms with Crippen molar-refractivity contribution in [3.05, 3.63) is 125 Å². The zero-order chi connectivity index (χ0) is 33.3. The number of anilines is 1. The summed E-state index contributed by atoms with van der Waals surface area (Å²) in [4.78, 5) is 30.0. The minimum absolute atomic E-state index is 0.0428. The number of ether oxygens (including phenoxy) is 1. The number of methoxy groups -OCH3 is 1. The predicted octanol–water partition coefficient (Wildman–Crippen LogP) is 5.98. The molecule has 8 nitrogen and oxygen atoms in total. The normalized spacial score (nSPS) is 11.8. The maximum atomic E-state index is 14.6. The largest absolute Gasteiger partial charge is 0.495 e. The molecule has 242 valence electrons. The van der Waals surface area contributed by atoms with E-state index in [1.807, 2.05) is 88.4 Å². The Morgan fingerprint density at radius 3 is 2.11 bits per heavy atom. The molecular formula is C37H43N3O5S. The Kier molecular flexibility index (Phi) is 11.6. The van der Waals surface area contributed by atoms with Gasteiger partial charge in [0.1, 0.15) is 18.3 Å². The fourth-order valence-corrected chi connectivity index (χ4v) is 6.69. The molecule has 0 spiro atoms. The van der Waals surface area contributed by atoms with Gasteiger partial charge in [-0.25, -0.2) is 8.42 Å². The highest BCUT2D eigenvalue weighted by atomic mass is 32.2. The van der Waals surface area contributed by atoms with Gasteiger partial charge in [0.05, 0.1) is 17.7 Å². The van der Waals surface area contributed by atoms with Crippen molar-refractivity contribution in [2.45, 2.75) is 58.0 Å². The molecule has 0 unspecified atom stereocenters. The lowest BCUT2D eigenvalue weighted by Gasteiger charge is -2.34. The molecule has 0 radical (unpaired) electrons. The smallest absolute Gasteiger partial charge is 0.264 e. The third-order valence-electron chi connectivity index (χ3n) is 7.75. The Labute approximate surface area is 273 Å². The van der Waals surface area contributed by atoms with Crippen LogP contribution in [0.2, 0.25) is 0 Å². The van der Waals surface area contributed by atoms with Crippen molar-refractivity contribution in [2.75, 3.05) is 24.5 Å². The number of amides is 2. The van der Waals surface area contributed by atoms with E-state index in [0.29, 0.717) is 12.3 Å². The molecule has 0 aliphatic heterocycles. The highest BCUT2D eigenvalue weighted by Gasteiger charge is 2.35. The number of nitrogens with zero attached hydrogens (tertiary/aromatic N) is 2. The van der Waals surface area contributed by atoms with Crippen LogP contribution < -0.4 is 14.4 Å². The van der Waals surface area contributed by atoms with Gasteiger partial charge in [0.25, 0.3) is 10.0 Å². The third kappa shape index (κ3) is 8.54. The number of hydrogen-bond acceptors (Lipinski definition) is 5. The quantitative estimate of drug-likeness (QED) is 0.183. The number of nitrogens with one attached hydrogen (secondary N) is 1. The van der Waals surface area contributed by atoms with Crippen molar-refractivity contribution in [1.82, 2.24) is 10.2 Å². The summed E-state index contributed by atoms with van der Waals surface area (Å²) >= 11 is 0. The van der Waals surface area contributed by atoms with E-state index in [-0.39, 0.29) is 29.5 Å². The molecule has 0 heterocycles. The summed E-state index contributed by atoms with van der Waals surface area (Å²) in [7, 11) is -2.78. The zero-order valence-electron chi connectivity index (χ0n) is 27.2. The second-order valence-electron chi connectivity index (χ2n) is 11.5. The second-order valence-corrected chi connectivity index (χ2v) is 13.4. The molecule has 0 saturated carbocycles. The highest BCUT2D eigenvalue weighted by molar-refractivity contribution is 7.92. The van der Waals surface area contributed by atoms with Crippen LogP contribution in [0.5, 0.6) is 5.75 Å². The molecule has 9 heteroatoms. The van der Waals surface area contributed by atoms with Crippen LogP contribution in [0, 0.1) is 20.8 Å². The van der Waals surface area contributed by atoms with E-state index in [1.54, 1.807) is 24.3 Å². The molecule has 0 aliphatic carbocycles. The molecule has 4 rings (SSSR count). The monoisotopic (exact) mass is 641 g/mol. The Morgan fingerprint density at radius 2 is 1.46 bits per heavy atom. The van der Waals surface area contributed by atoms with Crippen LogP contribution in [0.1, 0.15) is 41.2 Å². The molecule has 2 amide bonds. The number of carbonyl (C=O) groups excluding carboxylic acids is 2. The fourth-order valence-electron chi connectivity index (χ4n) is 5.27. The second kappa shape index (κ2) is 15.6. The Bertz CT molecular complexity index is 1740. The van der Waals surface area contributed by atoms with E-state index in [0.717, 1.165) is 38.5 Å². The number of rotatable bonds is 14. The first-order valence-electron chi connectivity index (χ1n) is 15.4. The van der Waals surface area contributed by atoms with Gasteiger partial charge in [0, 0.05) is 19.5 Å². The number of aryl methyl sites for hydroxylation is 3. The number of benzene rings is 4. The predicted molar refractivity (Wildman–Crippen MR) is 182 cm³/mol. The molecule has 46 heavy (non-hydrogen) atoms. The topological polar surface area (TPSA) is 96.0 Å². The Balaban J connectivity index is 1.85. The number of sulfonamides is 1. The summed E-state index contributed by atoms with van der Waals surface area (Å²) in [5.41, 5.74) is 4.65. The summed E-state index contributed by atoms with van der Waals surface area (Å²) in [5.74, 6) is -0.512. The van der Waals surface area contributed by atoms with Crippen molar-refractivity contribution in [2.24, 2.45) is 0 Å². The molecule has 4 aromatic rings. The van der Waals surface area contributed by atoms with Crippen molar-refractivity contribution < 1.29 is 22.7 Å². The molecule has 0 bridgehead atoms. The number of hydrogen-bond donors (Lipinski definition) is 1. The molecule has 4 aromatic carbocycles. The minimum atomic E-state index is -4.24. The number of carbonyl (C=O) groups is 2. The van der Waals surface area contributed by atoms with Crippen molar-refractivity contribution >= 4 is 27.5 Å². The van der Waals surface area contributed by atoms with E-state index in [2.05, 4.69) is 5.32 Å². The Hall–Kier alpha value is -4.63. The summed E-state index contributed by atoms with van der Waals surface area (Å²) in [6.07, 6.45) is 0.984. The summed E-state index contributed by atoms with van der Waals surface area (Å²) in [5, 5.41) is 2.97. The molecular weight excluding hydrogens is 598 g/mol. The maximum Gasteiger partial charge on any atom is 0.264 e. The van der Waals surface area contributed by atoms with Crippen LogP contribution in [-0.4, -0.2) is 51.4 Å². The molecule has 1 N–H and O–H groups in total. The zero-order valence-corrected chi connectivity index (χ0v) is 28.0. The van der Waals surface area contributed by atoms with Gasteiger partial charge in [-0.3, -0.25) is 13.9 Å². The van der Waals surface area contributed by atoms with Gasteiger partial charge < -0.3 is 15.0 Å². The van der Waals surface area contributed by atoms with Crippen LogP contribution in [0.3, 0.4) is 0 Å². The van der Waals surface area contributed by atoms with Gasteiger partial charge >= 0.3 is 0 Å². The van der Waals surface area contributed by atoms with Crippen molar-refractivity contribution in [3.8, 4) is 5.75 Å². The van der Waals surface area contributed by atoms with Crippen molar-refractivity contribution in [1.29, 1.82) is 0 Å². The lowest BCUT2D eigenvalue weighted by molar-refractivity contribution is -0.140. The van der Waals surface area contributed by atoms with Gasteiger partial charge in [0.2, 0.25) is 11.8 Å².